The molecule has 118 valence electrons. The molecule has 0 saturated heterocycles. The average molecular weight is 343 g/mol. The van der Waals surface area contributed by atoms with Crippen molar-refractivity contribution in [1.29, 1.82) is 0 Å². The molecule has 0 aliphatic rings. The summed E-state index contributed by atoms with van der Waals surface area (Å²) in [6.45, 7) is 3.42. The lowest BCUT2D eigenvalue weighted by Gasteiger charge is -2.09. The Morgan fingerprint density at radius 1 is 1.29 bits per heavy atom. The maximum Gasteiger partial charge on any atom is 0.341 e. The van der Waals surface area contributed by atoms with Crippen LogP contribution in [0, 0.1) is 11.6 Å². The molecule has 1 aromatic carbocycles. The van der Waals surface area contributed by atoms with E-state index in [-0.39, 0.29) is 19.3 Å². The summed E-state index contributed by atoms with van der Waals surface area (Å²) in [4.78, 5) is 10.5. The quantitative estimate of drug-likeness (QED) is 0.451. The number of carbonyl (C=O) groups excluding carboxylic acids is 1. The van der Waals surface area contributed by atoms with Crippen molar-refractivity contribution in [3.05, 3.63) is 29.3 Å². The SMILES string of the molecule is CC(C)OCCOC(=O)c1cc(F)cc(S(=O)(=O)Cl)c1F. The number of hydrogen-bond donors (Lipinski definition) is 0. The first kappa shape index (κ1) is 17.8. The van der Waals surface area contributed by atoms with Crippen LogP contribution in [0.4, 0.5) is 8.78 Å². The topological polar surface area (TPSA) is 69.7 Å². The van der Waals surface area contributed by atoms with Crippen LogP contribution in [0.1, 0.15) is 24.2 Å². The molecule has 0 heterocycles. The summed E-state index contributed by atoms with van der Waals surface area (Å²) in [6.07, 6.45) is -0.0809. The van der Waals surface area contributed by atoms with Crippen molar-refractivity contribution < 1.29 is 31.5 Å². The normalized spacial score (nSPS) is 11.7. The highest BCUT2D eigenvalue weighted by molar-refractivity contribution is 8.13. The first-order valence-corrected chi connectivity index (χ1v) is 8.16. The molecular weight excluding hydrogens is 330 g/mol. The highest BCUT2D eigenvalue weighted by Gasteiger charge is 2.25. The van der Waals surface area contributed by atoms with Gasteiger partial charge in [0.1, 0.15) is 17.3 Å². The number of rotatable bonds is 6. The van der Waals surface area contributed by atoms with Gasteiger partial charge in [0.2, 0.25) is 0 Å². The van der Waals surface area contributed by atoms with Crippen molar-refractivity contribution in [3.63, 3.8) is 0 Å². The summed E-state index contributed by atoms with van der Waals surface area (Å²) < 4.78 is 59.1. The molecule has 1 rings (SSSR count). The van der Waals surface area contributed by atoms with Crippen LogP contribution in [0.25, 0.3) is 0 Å². The van der Waals surface area contributed by atoms with Gasteiger partial charge in [-0.25, -0.2) is 22.0 Å². The monoisotopic (exact) mass is 342 g/mol. The second-order valence-corrected chi connectivity index (χ2v) is 6.79. The molecule has 0 aromatic heterocycles. The van der Waals surface area contributed by atoms with Gasteiger partial charge < -0.3 is 9.47 Å². The fourth-order valence-corrected chi connectivity index (χ4v) is 2.30. The van der Waals surface area contributed by atoms with E-state index >= 15 is 0 Å². The molecule has 0 spiro atoms. The van der Waals surface area contributed by atoms with Crippen molar-refractivity contribution in [2.24, 2.45) is 0 Å². The van der Waals surface area contributed by atoms with Crippen molar-refractivity contribution in [2.45, 2.75) is 24.8 Å². The zero-order valence-electron chi connectivity index (χ0n) is 11.2. The van der Waals surface area contributed by atoms with E-state index in [9.17, 15) is 22.0 Å². The Kier molecular flexibility index (Phi) is 6.06. The summed E-state index contributed by atoms with van der Waals surface area (Å²) in [5.41, 5.74) is -0.848. The summed E-state index contributed by atoms with van der Waals surface area (Å²) >= 11 is 0. The Labute approximate surface area is 125 Å². The Hall–Kier alpha value is -1.25. The maximum atomic E-state index is 13.9. The summed E-state index contributed by atoms with van der Waals surface area (Å²) in [6, 6.07) is 0.920. The predicted molar refractivity (Wildman–Crippen MR) is 70.8 cm³/mol. The zero-order valence-corrected chi connectivity index (χ0v) is 12.8. The molecule has 0 fully saturated rings. The molecule has 1 aromatic rings. The fraction of sp³-hybridized carbons (Fsp3) is 0.417. The van der Waals surface area contributed by atoms with Crippen molar-refractivity contribution >= 4 is 25.7 Å². The molecular formula is C12H13ClF2O5S. The van der Waals surface area contributed by atoms with Gasteiger partial charge in [0.05, 0.1) is 18.3 Å². The molecule has 0 unspecified atom stereocenters. The summed E-state index contributed by atoms with van der Waals surface area (Å²) in [7, 11) is 0.444. The van der Waals surface area contributed by atoms with Crippen molar-refractivity contribution in [3.8, 4) is 0 Å². The second-order valence-electron chi connectivity index (χ2n) is 4.26. The highest BCUT2D eigenvalue weighted by atomic mass is 35.7. The minimum Gasteiger partial charge on any atom is -0.460 e. The van der Waals surface area contributed by atoms with E-state index in [4.69, 9.17) is 15.4 Å². The van der Waals surface area contributed by atoms with E-state index in [1.165, 1.54) is 0 Å². The van der Waals surface area contributed by atoms with E-state index in [1.54, 1.807) is 13.8 Å². The fourth-order valence-electron chi connectivity index (χ4n) is 1.39. The highest BCUT2D eigenvalue weighted by Crippen LogP contribution is 2.23. The smallest absolute Gasteiger partial charge is 0.341 e. The van der Waals surface area contributed by atoms with E-state index in [2.05, 4.69) is 4.74 Å². The van der Waals surface area contributed by atoms with Crippen molar-refractivity contribution in [1.82, 2.24) is 0 Å². The predicted octanol–water partition coefficient (Wildman–Crippen LogP) is 2.47. The molecule has 5 nitrogen and oxygen atoms in total. The second kappa shape index (κ2) is 7.15. The van der Waals surface area contributed by atoms with Gasteiger partial charge in [-0.05, 0) is 26.0 Å². The number of hydrogen-bond acceptors (Lipinski definition) is 5. The Balaban J connectivity index is 2.93. The zero-order chi connectivity index (χ0) is 16.2. The number of carbonyl (C=O) groups is 1. The lowest BCUT2D eigenvalue weighted by atomic mass is 10.2. The number of ether oxygens (including phenoxy) is 2. The molecule has 9 heteroatoms. The average Bonchev–Trinajstić information content (AvgIpc) is 2.35. The van der Waals surface area contributed by atoms with Crippen LogP contribution in [0.3, 0.4) is 0 Å². The van der Waals surface area contributed by atoms with Crippen LogP contribution < -0.4 is 0 Å². The largest absolute Gasteiger partial charge is 0.460 e. The molecule has 21 heavy (non-hydrogen) atoms. The van der Waals surface area contributed by atoms with Crippen LogP contribution in [0.5, 0.6) is 0 Å². The first-order chi connectivity index (χ1) is 9.62. The minimum atomic E-state index is -4.52. The number of esters is 1. The van der Waals surface area contributed by atoms with Crippen LogP contribution >= 0.6 is 10.7 Å². The van der Waals surface area contributed by atoms with E-state index < -0.39 is 37.1 Å². The Morgan fingerprint density at radius 2 is 1.90 bits per heavy atom. The lowest BCUT2D eigenvalue weighted by Crippen LogP contribution is -2.15. The summed E-state index contributed by atoms with van der Waals surface area (Å²) in [5, 5.41) is 0. The van der Waals surface area contributed by atoms with Crippen LogP contribution in [-0.4, -0.2) is 33.7 Å². The van der Waals surface area contributed by atoms with E-state index in [1.807, 2.05) is 0 Å². The molecule has 0 aliphatic heterocycles. The third-order valence-corrected chi connectivity index (χ3v) is 3.58. The molecule has 0 amide bonds. The molecule has 0 atom stereocenters. The third kappa shape index (κ3) is 5.22. The summed E-state index contributed by atoms with van der Waals surface area (Å²) in [5.74, 6) is -3.79. The Morgan fingerprint density at radius 3 is 2.43 bits per heavy atom. The van der Waals surface area contributed by atoms with E-state index in [0.29, 0.717) is 12.1 Å². The van der Waals surface area contributed by atoms with Gasteiger partial charge in [-0.15, -0.1) is 0 Å². The molecule has 0 saturated carbocycles. The van der Waals surface area contributed by atoms with Gasteiger partial charge in [-0.1, -0.05) is 0 Å². The number of benzene rings is 1. The van der Waals surface area contributed by atoms with Gasteiger partial charge in [-0.2, -0.15) is 0 Å². The molecule has 0 bridgehead atoms. The standard InChI is InChI=1S/C12H13ClF2O5S/c1-7(2)19-3-4-20-12(16)9-5-8(14)6-10(11(9)15)21(13,17)18/h5-7H,3-4H2,1-2H3. The van der Waals surface area contributed by atoms with Crippen LogP contribution in [-0.2, 0) is 18.5 Å². The van der Waals surface area contributed by atoms with Gasteiger partial charge in [0.15, 0.2) is 5.82 Å². The van der Waals surface area contributed by atoms with Gasteiger partial charge >= 0.3 is 5.97 Å². The van der Waals surface area contributed by atoms with Gasteiger partial charge in [0, 0.05) is 10.7 Å². The third-order valence-electron chi connectivity index (χ3n) is 2.25. The van der Waals surface area contributed by atoms with Crippen LogP contribution in [0.2, 0.25) is 0 Å². The van der Waals surface area contributed by atoms with Gasteiger partial charge in [-0.3, -0.25) is 0 Å². The van der Waals surface area contributed by atoms with Gasteiger partial charge in [0.25, 0.3) is 9.05 Å². The lowest BCUT2D eigenvalue weighted by molar-refractivity contribution is 0.0173. The molecule has 0 N–H and O–H groups in total. The van der Waals surface area contributed by atoms with Crippen molar-refractivity contribution in [2.75, 3.05) is 13.2 Å². The Bertz CT molecular complexity index is 631. The van der Waals surface area contributed by atoms with Crippen LogP contribution in [0.15, 0.2) is 17.0 Å². The maximum absolute atomic E-state index is 13.9. The molecule has 0 radical (unpaired) electrons. The minimum absolute atomic E-state index is 0.0704. The first-order valence-electron chi connectivity index (χ1n) is 5.85. The molecule has 0 aliphatic carbocycles. The number of halogens is 3. The van der Waals surface area contributed by atoms with E-state index in [0.717, 1.165) is 0 Å².